The number of aromatic hydroxyl groups is 1. The summed E-state index contributed by atoms with van der Waals surface area (Å²) in [4.78, 5) is 12.3. The summed E-state index contributed by atoms with van der Waals surface area (Å²) < 4.78 is 1.50. The first-order valence-corrected chi connectivity index (χ1v) is 6.15. The number of pyridine rings is 1. The summed E-state index contributed by atoms with van der Waals surface area (Å²) in [5, 5.41) is 10.4. The van der Waals surface area contributed by atoms with Crippen LogP contribution in [0.3, 0.4) is 0 Å². The molecule has 0 bridgehead atoms. The van der Waals surface area contributed by atoms with Gasteiger partial charge in [-0.3, -0.25) is 9.36 Å². The molecular formula is C15H10ClNO2. The third-order valence-corrected chi connectivity index (χ3v) is 3.35. The Balaban J connectivity index is 2.52. The van der Waals surface area contributed by atoms with Crippen molar-refractivity contribution in [2.24, 2.45) is 0 Å². The zero-order valence-electron chi connectivity index (χ0n) is 9.88. The Morgan fingerprint density at radius 3 is 2.32 bits per heavy atom. The Labute approximate surface area is 114 Å². The van der Waals surface area contributed by atoms with E-state index in [4.69, 9.17) is 11.6 Å². The number of fused-ring (bicyclic) bond motifs is 1. The number of nitrogens with zero attached hydrogens (tertiary/aromatic N) is 1. The molecule has 0 amide bonds. The van der Waals surface area contributed by atoms with E-state index in [1.165, 1.54) is 4.57 Å². The Bertz CT molecular complexity index is 809. The molecule has 1 N–H and O–H groups in total. The second-order valence-electron chi connectivity index (χ2n) is 4.16. The van der Waals surface area contributed by atoms with Crippen LogP contribution in [0.25, 0.3) is 16.6 Å². The van der Waals surface area contributed by atoms with Gasteiger partial charge in [-0.15, -0.1) is 0 Å². The molecule has 0 aliphatic rings. The molecule has 3 aromatic rings. The summed E-state index contributed by atoms with van der Waals surface area (Å²) in [6.45, 7) is 0. The van der Waals surface area contributed by atoms with Crippen LogP contribution in [0.4, 0.5) is 0 Å². The molecule has 3 nitrogen and oxygen atoms in total. The zero-order chi connectivity index (χ0) is 13.4. The van der Waals surface area contributed by atoms with E-state index in [-0.39, 0.29) is 10.8 Å². The molecule has 1 heterocycles. The van der Waals surface area contributed by atoms with Crippen LogP contribution in [0.2, 0.25) is 5.02 Å². The molecule has 1 aromatic heterocycles. The smallest absolute Gasteiger partial charge is 0.278 e. The molecule has 19 heavy (non-hydrogen) atoms. The van der Waals surface area contributed by atoms with Crippen molar-refractivity contribution in [2.75, 3.05) is 0 Å². The number of hydrogen-bond donors (Lipinski definition) is 1. The van der Waals surface area contributed by atoms with Gasteiger partial charge in [0.1, 0.15) is 10.8 Å². The van der Waals surface area contributed by atoms with Gasteiger partial charge < -0.3 is 5.11 Å². The highest BCUT2D eigenvalue weighted by Crippen LogP contribution is 2.30. The van der Waals surface area contributed by atoms with Gasteiger partial charge in [-0.1, -0.05) is 41.9 Å². The molecule has 3 rings (SSSR count). The van der Waals surface area contributed by atoms with Crippen LogP contribution >= 0.6 is 11.6 Å². The minimum Gasteiger partial charge on any atom is -0.505 e. The van der Waals surface area contributed by atoms with Crippen LogP contribution in [-0.4, -0.2) is 9.67 Å². The molecule has 0 atom stereocenters. The number of halogens is 1. The second kappa shape index (κ2) is 4.44. The molecule has 0 spiro atoms. The van der Waals surface area contributed by atoms with Crippen LogP contribution in [-0.2, 0) is 0 Å². The number of para-hydroxylation sites is 2. The third kappa shape index (κ3) is 1.79. The lowest BCUT2D eigenvalue weighted by atomic mass is 10.2. The van der Waals surface area contributed by atoms with Gasteiger partial charge in [0.25, 0.3) is 5.56 Å². The molecular weight excluding hydrogens is 262 g/mol. The highest BCUT2D eigenvalue weighted by molar-refractivity contribution is 6.32. The van der Waals surface area contributed by atoms with E-state index >= 15 is 0 Å². The third-order valence-electron chi connectivity index (χ3n) is 3.01. The Hall–Kier alpha value is -2.26. The Morgan fingerprint density at radius 1 is 0.947 bits per heavy atom. The van der Waals surface area contributed by atoms with E-state index < -0.39 is 5.56 Å². The van der Waals surface area contributed by atoms with Crippen LogP contribution in [0.15, 0.2) is 59.4 Å². The molecule has 0 saturated heterocycles. The van der Waals surface area contributed by atoms with Crippen molar-refractivity contribution in [3.8, 4) is 11.4 Å². The van der Waals surface area contributed by atoms with Gasteiger partial charge in [-0.2, -0.15) is 0 Å². The van der Waals surface area contributed by atoms with Crippen molar-refractivity contribution in [3.63, 3.8) is 0 Å². The molecule has 0 radical (unpaired) electrons. The van der Waals surface area contributed by atoms with Crippen LogP contribution in [0, 0.1) is 0 Å². The monoisotopic (exact) mass is 271 g/mol. The van der Waals surface area contributed by atoms with Crippen molar-refractivity contribution in [1.29, 1.82) is 0 Å². The average molecular weight is 272 g/mol. The van der Waals surface area contributed by atoms with Gasteiger partial charge in [0.15, 0.2) is 0 Å². The minimum absolute atomic E-state index is 0.164. The topological polar surface area (TPSA) is 42.2 Å². The number of hydrogen-bond acceptors (Lipinski definition) is 2. The summed E-state index contributed by atoms with van der Waals surface area (Å²) in [5.74, 6) is -0.172. The van der Waals surface area contributed by atoms with E-state index in [0.29, 0.717) is 16.6 Å². The van der Waals surface area contributed by atoms with E-state index in [1.54, 1.807) is 18.2 Å². The summed E-state index contributed by atoms with van der Waals surface area (Å²) in [5.41, 5.74) is 0.912. The predicted octanol–water partition coefficient (Wildman–Crippen LogP) is 3.35. The molecule has 0 unspecified atom stereocenters. The van der Waals surface area contributed by atoms with Crippen molar-refractivity contribution in [1.82, 2.24) is 4.57 Å². The Morgan fingerprint density at radius 2 is 1.58 bits per heavy atom. The summed E-state index contributed by atoms with van der Waals surface area (Å²) >= 11 is 5.93. The fourth-order valence-electron chi connectivity index (χ4n) is 2.13. The average Bonchev–Trinajstić information content (AvgIpc) is 2.46. The lowest BCUT2D eigenvalue weighted by Crippen LogP contribution is -2.19. The molecule has 94 valence electrons. The van der Waals surface area contributed by atoms with Gasteiger partial charge in [0.2, 0.25) is 0 Å². The summed E-state index contributed by atoms with van der Waals surface area (Å²) in [7, 11) is 0. The second-order valence-corrected chi connectivity index (χ2v) is 4.53. The van der Waals surface area contributed by atoms with Crippen molar-refractivity contribution in [2.45, 2.75) is 0 Å². The van der Waals surface area contributed by atoms with Gasteiger partial charge in [0, 0.05) is 11.1 Å². The first kappa shape index (κ1) is 11.8. The van der Waals surface area contributed by atoms with Gasteiger partial charge in [-0.05, 0) is 24.3 Å². The van der Waals surface area contributed by atoms with E-state index in [0.717, 1.165) is 0 Å². The Kier molecular flexibility index (Phi) is 2.76. The highest BCUT2D eigenvalue weighted by Gasteiger charge is 2.14. The molecule has 2 aromatic carbocycles. The normalized spacial score (nSPS) is 10.8. The fourth-order valence-corrected chi connectivity index (χ4v) is 2.32. The van der Waals surface area contributed by atoms with Gasteiger partial charge in [-0.25, -0.2) is 0 Å². The van der Waals surface area contributed by atoms with Gasteiger partial charge in [0.05, 0.1) is 5.52 Å². The summed E-state index contributed by atoms with van der Waals surface area (Å²) in [6.07, 6.45) is 0. The maximum absolute atomic E-state index is 12.3. The van der Waals surface area contributed by atoms with Crippen molar-refractivity contribution < 1.29 is 5.11 Å². The predicted molar refractivity (Wildman–Crippen MR) is 76.2 cm³/mol. The standard InChI is InChI=1S/C15H10ClNO2/c16-13-14(18)11-8-4-5-9-12(11)17(15(13)19)10-6-2-1-3-7-10/h1-9,18H. The van der Waals surface area contributed by atoms with Crippen LogP contribution in [0.5, 0.6) is 5.75 Å². The van der Waals surface area contributed by atoms with Crippen LogP contribution < -0.4 is 5.56 Å². The lowest BCUT2D eigenvalue weighted by molar-refractivity contribution is 0.480. The SMILES string of the molecule is O=c1c(Cl)c(O)c2ccccc2n1-c1ccccc1. The quantitative estimate of drug-likeness (QED) is 0.737. The van der Waals surface area contributed by atoms with E-state index in [1.807, 2.05) is 36.4 Å². The molecule has 0 aliphatic carbocycles. The fraction of sp³-hybridized carbons (Fsp3) is 0. The number of benzene rings is 2. The largest absolute Gasteiger partial charge is 0.505 e. The summed E-state index contributed by atoms with van der Waals surface area (Å²) in [6, 6.07) is 16.3. The van der Waals surface area contributed by atoms with Crippen molar-refractivity contribution >= 4 is 22.5 Å². The highest BCUT2D eigenvalue weighted by atomic mass is 35.5. The first-order chi connectivity index (χ1) is 9.20. The van der Waals surface area contributed by atoms with Crippen molar-refractivity contribution in [3.05, 3.63) is 70.0 Å². The maximum Gasteiger partial charge on any atom is 0.278 e. The molecule has 4 heteroatoms. The van der Waals surface area contributed by atoms with Gasteiger partial charge >= 0.3 is 0 Å². The van der Waals surface area contributed by atoms with Crippen LogP contribution in [0.1, 0.15) is 0 Å². The molecule has 0 saturated carbocycles. The molecule has 0 fully saturated rings. The minimum atomic E-state index is -0.427. The maximum atomic E-state index is 12.3. The molecule has 0 aliphatic heterocycles. The zero-order valence-corrected chi connectivity index (χ0v) is 10.6. The van der Waals surface area contributed by atoms with E-state index in [2.05, 4.69) is 0 Å². The number of aromatic nitrogens is 1. The van der Waals surface area contributed by atoms with E-state index in [9.17, 15) is 9.90 Å². The first-order valence-electron chi connectivity index (χ1n) is 5.78. The lowest BCUT2D eigenvalue weighted by Gasteiger charge is -2.12. The number of rotatable bonds is 1.